The number of aromatic amines is 1. The van der Waals surface area contributed by atoms with Crippen molar-refractivity contribution in [2.45, 2.75) is 33.2 Å². The van der Waals surface area contributed by atoms with Crippen LogP contribution in [0.3, 0.4) is 0 Å². The van der Waals surface area contributed by atoms with Gasteiger partial charge in [0.25, 0.3) is 0 Å². The Kier molecular flexibility index (Phi) is 2.32. The summed E-state index contributed by atoms with van der Waals surface area (Å²) in [7, 11) is 0. The lowest BCUT2D eigenvalue weighted by Gasteiger charge is -2.19. The van der Waals surface area contributed by atoms with E-state index in [4.69, 9.17) is 5.26 Å². The first kappa shape index (κ1) is 11.4. The van der Waals surface area contributed by atoms with E-state index < -0.39 is 0 Å². The summed E-state index contributed by atoms with van der Waals surface area (Å²) < 4.78 is 1.78. The van der Waals surface area contributed by atoms with E-state index in [2.05, 4.69) is 10.1 Å². The largest absolute Gasteiger partial charge is 0.345 e. The second-order valence-electron chi connectivity index (χ2n) is 5.03. The van der Waals surface area contributed by atoms with Crippen molar-refractivity contribution in [2.24, 2.45) is 0 Å². The zero-order valence-electron chi connectivity index (χ0n) is 10.3. The molecule has 0 amide bonds. The van der Waals surface area contributed by atoms with Gasteiger partial charge in [-0.15, -0.1) is 0 Å². The van der Waals surface area contributed by atoms with Gasteiger partial charge in [-0.25, -0.2) is 4.68 Å². The maximum absolute atomic E-state index is 12.0. The highest BCUT2D eigenvalue weighted by Crippen LogP contribution is 2.20. The number of rotatable bonds is 0. The zero-order valence-corrected chi connectivity index (χ0v) is 10.3. The quantitative estimate of drug-likeness (QED) is 0.747. The number of nitriles is 1. The molecule has 2 aromatic heterocycles. The molecule has 2 aromatic rings. The molecule has 2 heterocycles. The molecule has 0 bridgehead atoms. The van der Waals surface area contributed by atoms with E-state index in [1.807, 2.05) is 26.8 Å². The van der Waals surface area contributed by atoms with Gasteiger partial charge < -0.3 is 4.98 Å². The number of aromatic nitrogens is 3. The number of H-pyrrole nitrogens is 1. The molecule has 0 fully saturated rings. The van der Waals surface area contributed by atoms with Gasteiger partial charge >= 0.3 is 0 Å². The Morgan fingerprint density at radius 1 is 1.47 bits per heavy atom. The van der Waals surface area contributed by atoms with E-state index in [0.29, 0.717) is 16.7 Å². The summed E-state index contributed by atoms with van der Waals surface area (Å²) in [6, 6.07) is 1.88. The van der Waals surface area contributed by atoms with Gasteiger partial charge in [-0.3, -0.25) is 4.79 Å². The van der Waals surface area contributed by atoms with Crippen LogP contribution in [-0.2, 0) is 5.54 Å². The van der Waals surface area contributed by atoms with Crippen LogP contribution in [0.25, 0.3) is 11.0 Å². The second-order valence-corrected chi connectivity index (χ2v) is 5.03. The molecule has 0 aromatic carbocycles. The Balaban J connectivity index is 2.94. The molecule has 0 radical (unpaired) electrons. The van der Waals surface area contributed by atoms with Gasteiger partial charge in [0.2, 0.25) is 5.43 Å². The minimum atomic E-state index is -0.255. The Morgan fingerprint density at radius 2 is 2.12 bits per heavy atom. The van der Waals surface area contributed by atoms with Gasteiger partial charge in [0.15, 0.2) is 0 Å². The van der Waals surface area contributed by atoms with Crippen molar-refractivity contribution in [2.75, 3.05) is 0 Å². The molecule has 88 valence electrons. The van der Waals surface area contributed by atoms with E-state index in [-0.39, 0.29) is 16.5 Å². The first-order valence-electron chi connectivity index (χ1n) is 5.38. The van der Waals surface area contributed by atoms with Crippen LogP contribution in [0, 0.1) is 18.3 Å². The van der Waals surface area contributed by atoms with E-state index in [1.54, 1.807) is 11.6 Å². The third-order valence-electron chi connectivity index (χ3n) is 2.64. The Hall–Kier alpha value is -2.09. The highest BCUT2D eigenvalue weighted by Gasteiger charge is 2.21. The number of hydrogen-bond acceptors (Lipinski definition) is 3. The number of hydrogen-bond donors (Lipinski definition) is 1. The highest BCUT2D eigenvalue weighted by atomic mass is 16.1. The minimum absolute atomic E-state index is 0.119. The van der Waals surface area contributed by atoms with Crippen LogP contribution < -0.4 is 5.43 Å². The molecule has 5 nitrogen and oxygen atoms in total. The maximum Gasteiger partial charge on any atom is 0.210 e. The number of fused-ring (bicyclic) bond motifs is 1. The fraction of sp³-hybridized carbons (Fsp3) is 0.417. The zero-order chi connectivity index (χ0) is 12.8. The molecule has 2 rings (SSSR count). The summed E-state index contributed by atoms with van der Waals surface area (Å²) in [5, 5.41) is 13.7. The molecule has 0 saturated heterocycles. The lowest BCUT2D eigenvalue weighted by atomic mass is 10.1. The van der Waals surface area contributed by atoms with E-state index in [1.165, 1.54) is 6.20 Å². The molecule has 0 spiro atoms. The average Bonchev–Trinajstić information content (AvgIpc) is 2.57. The Bertz CT molecular complexity index is 679. The summed E-state index contributed by atoms with van der Waals surface area (Å²) in [6.07, 6.45) is 1.44. The van der Waals surface area contributed by atoms with Gasteiger partial charge in [-0.1, -0.05) is 0 Å². The van der Waals surface area contributed by atoms with Gasteiger partial charge in [0, 0.05) is 6.20 Å². The molecule has 17 heavy (non-hydrogen) atoms. The number of aryl methyl sites for hydroxylation is 1. The van der Waals surface area contributed by atoms with Crippen molar-refractivity contribution in [3.8, 4) is 6.07 Å². The van der Waals surface area contributed by atoms with Crippen LogP contribution in [0.4, 0.5) is 0 Å². The van der Waals surface area contributed by atoms with E-state index in [9.17, 15) is 4.79 Å². The normalized spacial score (nSPS) is 11.7. The molecule has 0 aliphatic carbocycles. The van der Waals surface area contributed by atoms with Crippen LogP contribution in [0.2, 0.25) is 0 Å². The van der Waals surface area contributed by atoms with E-state index >= 15 is 0 Å². The van der Waals surface area contributed by atoms with Crippen molar-refractivity contribution >= 4 is 11.0 Å². The van der Waals surface area contributed by atoms with Crippen molar-refractivity contribution in [1.82, 2.24) is 14.8 Å². The van der Waals surface area contributed by atoms with Crippen molar-refractivity contribution in [1.29, 1.82) is 5.26 Å². The molecule has 5 heteroatoms. The summed E-state index contributed by atoms with van der Waals surface area (Å²) in [5.41, 5.74) is 0.958. The molecular formula is C12H14N4O. The van der Waals surface area contributed by atoms with Gasteiger partial charge in [-0.2, -0.15) is 10.4 Å². The number of nitrogens with zero attached hydrogens (tertiary/aromatic N) is 3. The fourth-order valence-electron chi connectivity index (χ4n) is 1.84. The molecule has 1 N–H and O–H groups in total. The molecule has 0 unspecified atom stereocenters. The first-order chi connectivity index (χ1) is 7.86. The molecule has 0 saturated carbocycles. The third kappa shape index (κ3) is 1.62. The van der Waals surface area contributed by atoms with Gasteiger partial charge in [0.1, 0.15) is 17.3 Å². The highest BCUT2D eigenvalue weighted by molar-refractivity contribution is 5.79. The topological polar surface area (TPSA) is 74.5 Å². The third-order valence-corrected chi connectivity index (χ3v) is 2.64. The van der Waals surface area contributed by atoms with Crippen LogP contribution in [0.1, 0.15) is 32.0 Å². The van der Waals surface area contributed by atoms with Gasteiger partial charge in [-0.05, 0) is 27.7 Å². The fourth-order valence-corrected chi connectivity index (χ4v) is 1.84. The molecule has 0 aliphatic rings. The molecule has 0 atom stereocenters. The maximum atomic E-state index is 12.0. The minimum Gasteiger partial charge on any atom is -0.345 e. The summed E-state index contributed by atoms with van der Waals surface area (Å²) >= 11 is 0. The van der Waals surface area contributed by atoms with Gasteiger partial charge in [0.05, 0.1) is 16.6 Å². The van der Waals surface area contributed by atoms with Crippen LogP contribution >= 0.6 is 0 Å². The number of pyridine rings is 1. The van der Waals surface area contributed by atoms with Crippen LogP contribution in [0.15, 0.2) is 11.0 Å². The van der Waals surface area contributed by atoms with Crippen molar-refractivity contribution in [3.05, 3.63) is 27.7 Å². The van der Waals surface area contributed by atoms with Crippen molar-refractivity contribution < 1.29 is 0 Å². The van der Waals surface area contributed by atoms with Crippen LogP contribution in [0.5, 0.6) is 0 Å². The molecular weight excluding hydrogens is 216 g/mol. The van der Waals surface area contributed by atoms with Crippen molar-refractivity contribution in [3.63, 3.8) is 0 Å². The predicted molar refractivity (Wildman–Crippen MR) is 64.8 cm³/mol. The lowest BCUT2D eigenvalue weighted by molar-refractivity contribution is 0.364. The summed E-state index contributed by atoms with van der Waals surface area (Å²) in [5.74, 6) is 0. The first-order valence-corrected chi connectivity index (χ1v) is 5.38. The SMILES string of the molecule is Cc1nn(C(C)(C)C)c2[nH]cc(C#N)c(=O)c12. The predicted octanol–water partition coefficient (Wildman–Crippen LogP) is 1.66. The Morgan fingerprint density at radius 3 is 2.65 bits per heavy atom. The second kappa shape index (κ2) is 3.45. The lowest BCUT2D eigenvalue weighted by Crippen LogP contribution is -2.23. The smallest absolute Gasteiger partial charge is 0.210 e. The van der Waals surface area contributed by atoms with E-state index in [0.717, 1.165) is 0 Å². The number of nitrogens with one attached hydrogen (secondary N) is 1. The average molecular weight is 230 g/mol. The molecule has 0 aliphatic heterocycles. The standard InChI is InChI=1S/C12H14N4O/c1-7-9-10(17)8(5-13)6-14-11(9)16(15-7)12(2,3)4/h6H,1-4H3,(H,14,17). The summed E-state index contributed by atoms with van der Waals surface area (Å²) in [6.45, 7) is 7.81. The summed E-state index contributed by atoms with van der Waals surface area (Å²) in [4.78, 5) is 15.0. The monoisotopic (exact) mass is 230 g/mol. The van der Waals surface area contributed by atoms with Crippen LogP contribution in [-0.4, -0.2) is 14.8 Å². The Labute approximate surface area is 98.7 Å².